The van der Waals surface area contributed by atoms with Crippen LogP contribution in [0.3, 0.4) is 0 Å². The molecule has 0 aromatic heterocycles. The van der Waals surface area contributed by atoms with Crippen molar-refractivity contribution >= 4 is 27.1 Å². The monoisotopic (exact) mass is 235 g/mol. The average Bonchev–Trinajstić information content (AvgIpc) is 2.01. The minimum absolute atomic E-state index is 0.182. The van der Waals surface area contributed by atoms with Gasteiger partial charge in [-0.25, -0.2) is 8.42 Å². The van der Waals surface area contributed by atoms with Gasteiger partial charge in [0.1, 0.15) is 9.92 Å². The third-order valence-corrected chi connectivity index (χ3v) is 2.97. The van der Waals surface area contributed by atoms with Crippen molar-refractivity contribution in [3.63, 3.8) is 0 Å². The number of nitrogens with zero attached hydrogens (tertiary/aromatic N) is 1. The Morgan fingerprint density at radius 2 is 2.00 bits per heavy atom. The van der Waals surface area contributed by atoms with Gasteiger partial charge in [0.05, 0.1) is 4.92 Å². The van der Waals surface area contributed by atoms with Gasteiger partial charge < -0.3 is 0 Å². The predicted molar refractivity (Wildman–Crippen MR) is 51.2 cm³/mol. The van der Waals surface area contributed by atoms with E-state index in [2.05, 4.69) is 0 Å². The molecule has 14 heavy (non-hydrogen) atoms. The summed E-state index contributed by atoms with van der Waals surface area (Å²) in [6.45, 7) is 0. The summed E-state index contributed by atoms with van der Waals surface area (Å²) in [5, 5.41) is 10.4. The molecule has 0 aliphatic carbocycles. The number of hydrogen-bond donors (Lipinski definition) is 0. The van der Waals surface area contributed by atoms with E-state index in [1.165, 1.54) is 12.1 Å². The summed E-state index contributed by atoms with van der Waals surface area (Å²) >= 11 is 5.52. The first-order valence-corrected chi connectivity index (χ1v) is 5.74. The van der Waals surface area contributed by atoms with Crippen LogP contribution < -0.4 is 0 Å². The molecule has 1 aromatic rings. The lowest BCUT2D eigenvalue weighted by Crippen LogP contribution is -2.02. The first kappa shape index (κ1) is 10.9. The number of para-hydroxylation sites is 1. The van der Waals surface area contributed by atoms with Crippen LogP contribution in [0.15, 0.2) is 23.1 Å². The molecular formula is C7H6ClNO4S. The van der Waals surface area contributed by atoms with Crippen molar-refractivity contribution in [2.45, 2.75) is 4.90 Å². The fourth-order valence-corrected chi connectivity index (χ4v) is 2.13. The van der Waals surface area contributed by atoms with Crippen molar-refractivity contribution < 1.29 is 13.3 Å². The van der Waals surface area contributed by atoms with E-state index in [9.17, 15) is 18.5 Å². The summed E-state index contributed by atoms with van der Waals surface area (Å²) in [6, 6.07) is 3.78. The summed E-state index contributed by atoms with van der Waals surface area (Å²) in [5.41, 5.74) is -0.573. The van der Waals surface area contributed by atoms with Crippen LogP contribution in [0.4, 0.5) is 5.69 Å². The molecule has 0 saturated carbocycles. The van der Waals surface area contributed by atoms with Gasteiger partial charge >= 0.3 is 5.69 Å². The van der Waals surface area contributed by atoms with Gasteiger partial charge in [-0.1, -0.05) is 17.7 Å². The van der Waals surface area contributed by atoms with E-state index < -0.39 is 20.4 Å². The van der Waals surface area contributed by atoms with E-state index in [-0.39, 0.29) is 9.92 Å². The second-order valence-electron chi connectivity index (χ2n) is 2.62. The van der Waals surface area contributed by atoms with E-state index >= 15 is 0 Å². The highest BCUT2D eigenvalue weighted by Gasteiger charge is 2.24. The number of halogens is 1. The second kappa shape index (κ2) is 3.55. The topological polar surface area (TPSA) is 77.3 Å². The number of hydrogen-bond acceptors (Lipinski definition) is 4. The molecule has 0 aliphatic rings. The van der Waals surface area contributed by atoms with Crippen molar-refractivity contribution in [1.29, 1.82) is 0 Å². The van der Waals surface area contributed by atoms with E-state index in [4.69, 9.17) is 11.6 Å². The molecule has 0 saturated heterocycles. The van der Waals surface area contributed by atoms with Gasteiger partial charge in [0.25, 0.3) is 0 Å². The molecule has 0 N–H and O–H groups in total. The Morgan fingerprint density at radius 1 is 1.43 bits per heavy atom. The average molecular weight is 236 g/mol. The summed E-state index contributed by atoms with van der Waals surface area (Å²) in [5.74, 6) is 0. The summed E-state index contributed by atoms with van der Waals surface area (Å²) in [4.78, 5) is 9.37. The van der Waals surface area contributed by atoms with Crippen LogP contribution in [0.2, 0.25) is 5.02 Å². The molecule has 0 heterocycles. The zero-order valence-electron chi connectivity index (χ0n) is 7.10. The van der Waals surface area contributed by atoms with Gasteiger partial charge in [-0.2, -0.15) is 0 Å². The summed E-state index contributed by atoms with van der Waals surface area (Å²) < 4.78 is 22.3. The maximum Gasteiger partial charge on any atom is 0.306 e. The molecule has 0 amide bonds. The number of sulfone groups is 1. The molecule has 5 nitrogen and oxygen atoms in total. The zero-order chi connectivity index (χ0) is 10.9. The van der Waals surface area contributed by atoms with Crippen molar-refractivity contribution in [1.82, 2.24) is 0 Å². The molecular weight excluding hydrogens is 230 g/mol. The number of nitro groups is 1. The lowest BCUT2D eigenvalue weighted by atomic mass is 10.3. The quantitative estimate of drug-likeness (QED) is 0.577. The molecule has 7 heteroatoms. The van der Waals surface area contributed by atoms with Crippen molar-refractivity contribution in [2.75, 3.05) is 6.26 Å². The lowest BCUT2D eigenvalue weighted by molar-refractivity contribution is -0.387. The van der Waals surface area contributed by atoms with Crippen LogP contribution >= 0.6 is 11.6 Å². The van der Waals surface area contributed by atoms with Crippen molar-refractivity contribution in [3.8, 4) is 0 Å². The fourth-order valence-electron chi connectivity index (χ4n) is 0.972. The van der Waals surface area contributed by atoms with Crippen LogP contribution in [-0.2, 0) is 9.84 Å². The SMILES string of the molecule is CS(=O)(=O)c1cccc(Cl)c1[N+](=O)[O-]. The van der Waals surface area contributed by atoms with Crippen LogP contribution in [0, 0.1) is 10.1 Å². The first-order valence-electron chi connectivity index (χ1n) is 3.47. The normalized spacial score (nSPS) is 11.3. The Labute approximate surface area is 85.4 Å². The largest absolute Gasteiger partial charge is 0.306 e. The maximum atomic E-state index is 11.1. The van der Waals surface area contributed by atoms with Crippen LogP contribution in [0.5, 0.6) is 0 Å². The third-order valence-electron chi connectivity index (χ3n) is 1.53. The minimum Gasteiger partial charge on any atom is -0.258 e. The Balaban J connectivity index is 3.61. The smallest absolute Gasteiger partial charge is 0.258 e. The number of nitro benzene ring substituents is 1. The van der Waals surface area contributed by atoms with Gasteiger partial charge in [0.15, 0.2) is 9.84 Å². The van der Waals surface area contributed by atoms with E-state index in [0.29, 0.717) is 0 Å². The Bertz CT molecular complexity index is 482. The molecule has 0 bridgehead atoms. The molecule has 1 aromatic carbocycles. The van der Waals surface area contributed by atoms with Gasteiger partial charge in [-0.15, -0.1) is 0 Å². The van der Waals surface area contributed by atoms with Crippen LogP contribution in [-0.4, -0.2) is 19.6 Å². The van der Waals surface area contributed by atoms with Crippen molar-refractivity contribution in [3.05, 3.63) is 33.3 Å². The molecule has 0 aliphatic heterocycles. The standard InChI is InChI=1S/C7H6ClNO4S/c1-14(12,13)6-4-2-3-5(8)7(6)9(10)11/h2-4H,1H3. The highest BCUT2D eigenvalue weighted by Crippen LogP contribution is 2.31. The minimum atomic E-state index is -3.63. The molecule has 0 atom stereocenters. The molecule has 1 rings (SSSR count). The predicted octanol–water partition coefficient (Wildman–Crippen LogP) is 1.65. The molecule has 76 valence electrons. The van der Waals surface area contributed by atoms with Gasteiger partial charge in [-0.3, -0.25) is 10.1 Å². The van der Waals surface area contributed by atoms with E-state index in [1.54, 1.807) is 0 Å². The summed E-state index contributed by atoms with van der Waals surface area (Å²) in [6.07, 6.45) is 0.895. The highest BCUT2D eigenvalue weighted by atomic mass is 35.5. The zero-order valence-corrected chi connectivity index (χ0v) is 8.67. The van der Waals surface area contributed by atoms with Gasteiger partial charge in [0, 0.05) is 6.26 Å². The van der Waals surface area contributed by atoms with Crippen molar-refractivity contribution in [2.24, 2.45) is 0 Å². The molecule has 0 unspecified atom stereocenters. The number of benzene rings is 1. The Hall–Kier alpha value is -1.14. The maximum absolute atomic E-state index is 11.1. The van der Waals surface area contributed by atoms with Gasteiger partial charge in [0.2, 0.25) is 0 Å². The molecule has 0 fully saturated rings. The number of rotatable bonds is 2. The first-order chi connectivity index (χ1) is 6.34. The highest BCUT2D eigenvalue weighted by molar-refractivity contribution is 7.90. The second-order valence-corrected chi connectivity index (χ2v) is 5.01. The summed E-state index contributed by atoms with van der Waals surface area (Å²) in [7, 11) is -3.63. The lowest BCUT2D eigenvalue weighted by Gasteiger charge is -2.00. The van der Waals surface area contributed by atoms with Gasteiger partial charge in [-0.05, 0) is 12.1 Å². The van der Waals surface area contributed by atoms with Crippen LogP contribution in [0.1, 0.15) is 0 Å². The molecule has 0 spiro atoms. The molecule has 0 radical (unpaired) electrons. The van der Waals surface area contributed by atoms with Crippen LogP contribution in [0.25, 0.3) is 0 Å². The fraction of sp³-hybridized carbons (Fsp3) is 0.143. The van der Waals surface area contributed by atoms with E-state index in [1.807, 2.05) is 0 Å². The Morgan fingerprint density at radius 3 is 2.36 bits per heavy atom. The Kier molecular flexibility index (Phi) is 2.77. The third kappa shape index (κ3) is 2.02. The van der Waals surface area contributed by atoms with E-state index in [0.717, 1.165) is 12.3 Å².